The number of likely N-dealkylation sites (tertiary alicyclic amines) is 1. The molecular weight excluding hydrogens is 318 g/mol. The molecule has 6 nitrogen and oxygen atoms in total. The van der Waals surface area contributed by atoms with Crippen molar-refractivity contribution >= 4 is 16.9 Å². The van der Waals surface area contributed by atoms with Gasteiger partial charge in [-0.3, -0.25) is 0 Å². The summed E-state index contributed by atoms with van der Waals surface area (Å²) in [6.07, 6.45) is 0.200. The highest BCUT2D eigenvalue weighted by molar-refractivity contribution is 5.87. The normalized spacial score (nSPS) is 17.4. The second-order valence-electron chi connectivity index (χ2n) is 7.10. The van der Waals surface area contributed by atoms with Gasteiger partial charge in [-0.15, -0.1) is 0 Å². The van der Waals surface area contributed by atoms with Crippen LogP contribution in [0.15, 0.2) is 30.3 Å². The molecule has 1 amide bonds. The molecule has 1 aromatic heterocycles. The standard InChI is InChI=1S/C19H21N3O3/c1-19(2,3)25-18(23)22-9-8-15(12-22)24-17-16-7-5-4-6-13(16)10-14(11-20)21-17/h4-7,10,15H,8-9,12H2,1-3H3. The highest BCUT2D eigenvalue weighted by Gasteiger charge is 2.31. The second kappa shape index (κ2) is 6.60. The zero-order valence-electron chi connectivity index (χ0n) is 14.7. The van der Waals surface area contributed by atoms with Gasteiger partial charge in [-0.2, -0.15) is 5.26 Å². The van der Waals surface area contributed by atoms with Crippen LogP contribution in [0.1, 0.15) is 32.9 Å². The van der Waals surface area contributed by atoms with Crippen molar-refractivity contribution in [3.8, 4) is 11.9 Å². The fourth-order valence-electron chi connectivity index (χ4n) is 2.79. The van der Waals surface area contributed by atoms with Gasteiger partial charge >= 0.3 is 6.09 Å². The van der Waals surface area contributed by atoms with E-state index in [9.17, 15) is 4.79 Å². The summed E-state index contributed by atoms with van der Waals surface area (Å²) in [5.41, 5.74) is -0.203. The van der Waals surface area contributed by atoms with Crippen LogP contribution in [0.2, 0.25) is 0 Å². The van der Waals surface area contributed by atoms with Gasteiger partial charge in [0.05, 0.1) is 6.54 Å². The van der Waals surface area contributed by atoms with Crippen LogP contribution in [0, 0.1) is 11.3 Å². The van der Waals surface area contributed by atoms with E-state index >= 15 is 0 Å². The summed E-state index contributed by atoms with van der Waals surface area (Å²) < 4.78 is 11.4. The van der Waals surface area contributed by atoms with Crippen LogP contribution in [0.3, 0.4) is 0 Å². The lowest BCUT2D eigenvalue weighted by Crippen LogP contribution is -2.36. The summed E-state index contributed by atoms with van der Waals surface area (Å²) in [6.45, 7) is 6.56. The van der Waals surface area contributed by atoms with Crippen molar-refractivity contribution in [2.45, 2.75) is 38.9 Å². The molecule has 0 bridgehead atoms. The fraction of sp³-hybridized carbons (Fsp3) is 0.421. The lowest BCUT2D eigenvalue weighted by molar-refractivity contribution is 0.0275. The molecule has 1 aromatic carbocycles. The van der Waals surface area contributed by atoms with Crippen molar-refractivity contribution in [1.82, 2.24) is 9.88 Å². The highest BCUT2D eigenvalue weighted by Crippen LogP contribution is 2.27. The molecule has 1 saturated heterocycles. The van der Waals surface area contributed by atoms with E-state index in [4.69, 9.17) is 14.7 Å². The summed E-state index contributed by atoms with van der Waals surface area (Å²) in [6, 6.07) is 11.5. The number of fused-ring (bicyclic) bond motifs is 1. The van der Waals surface area contributed by atoms with E-state index in [0.717, 1.165) is 10.8 Å². The maximum atomic E-state index is 12.2. The maximum absolute atomic E-state index is 12.2. The third kappa shape index (κ3) is 4.00. The Morgan fingerprint density at radius 2 is 2.12 bits per heavy atom. The minimum Gasteiger partial charge on any atom is -0.472 e. The molecule has 1 fully saturated rings. The van der Waals surface area contributed by atoms with E-state index in [0.29, 0.717) is 31.1 Å². The minimum absolute atomic E-state index is 0.169. The number of benzene rings is 1. The summed E-state index contributed by atoms with van der Waals surface area (Å²) in [5.74, 6) is 0.436. The molecule has 25 heavy (non-hydrogen) atoms. The Balaban J connectivity index is 1.75. The van der Waals surface area contributed by atoms with E-state index in [1.54, 1.807) is 11.0 Å². The molecule has 1 unspecified atom stereocenters. The van der Waals surface area contributed by atoms with E-state index in [-0.39, 0.29) is 12.2 Å². The monoisotopic (exact) mass is 339 g/mol. The Bertz CT molecular complexity index is 836. The molecule has 1 atom stereocenters. The van der Waals surface area contributed by atoms with Crippen molar-refractivity contribution in [2.24, 2.45) is 0 Å². The molecule has 6 heteroatoms. The highest BCUT2D eigenvalue weighted by atomic mass is 16.6. The first-order valence-electron chi connectivity index (χ1n) is 8.30. The molecular formula is C19H21N3O3. The molecule has 0 saturated carbocycles. The molecule has 2 heterocycles. The lowest BCUT2D eigenvalue weighted by atomic mass is 10.1. The molecule has 3 rings (SSSR count). The molecule has 0 spiro atoms. The van der Waals surface area contributed by atoms with Gasteiger partial charge in [-0.05, 0) is 38.3 Å². The number of hydrogen-bond acceptors (Lipinski definition) is 5. The number of carbonyl (C=O) groups is 1. The Morgan fingerprint density at radius 1 is 1.36 bits per heavy atom. The van der Waals surface area contributed by atoms with Crippen LogP contribution in [0.25, 0.3) is 10.8 Å². The first-order valence-corrected chi connectivity index (χ1v) is 8.30. The largest absolute Gasteiger partial charge is 0.472 e. The second-order valence-corrected chi connectivity index (χ2v) is 7.10. The Morgan fingerprint density at radius 3 is 2.84 bits per heavy atom. The molecule has 0 radical (unpaired) electrons. The van der Waals surface area contributed by atoms with Crippen LogP contribution in [0.5, 0.6) is 5.88 Å². The van der Waals surface area contributed by atoms with Crippen LogP contribution < -0.4 is 4.74 Å². The molecule has 1 aliphatic heterocycles. The smallest absolute Gasteiger partial charge is 0.410 e. The van der Waals surface area contributed by atoms with Crippen molar-refractivity contribution in [3.05, 3.63) is 36.0 Å². The Kier molecular flexibility index (Phi) is 4.49. The number of amides is 1. The van der Waals surface area contributed by atoms with E-state index in [1.807, 2.05) is 45.0 Å². The SMILES string of the molecule is CC(C)(C)OC(=O)N1CCC(Oc2nc(C#N)cc3ccccc23)C1. The van der Waals surface area contributed by atoms with Gasteiger partial charge in [0.15, 0.2) is 0 Å². The first kappa shape index (κ1) is 17.0. The number of carbonyl (C=O) groups excluding carboxylic acids is 1. The quantitative estimate of drug-likeness (QED) is 0.837. The van der Waals surface area contributed by atoms with Crippen molar-refractivity contribution in [1.29, 1.82) is 5.26 Å². The minimum atomic E-state index is -0.519. The summed E-state index contributed by atoms with van der Waals surface area (Å²) in [5, 5.41) is 10.9. The Hall–Kier alpha value is -2.81. The van der Waals surface area contributed by atoms with Gasteiger partial charge in [0.1, 0.15) is 23.5 Å². The number of nitrogens with zero attached hydrogens (tertiary/aromatic N) is 3. The summed E-state index contributed by atoms with van der Waals surface area (Å²) >= 11 is 0. The van der Waals surface area contributed by atoms with E-state index < -0.39 is 5.60 Å². The maximum Gasteiger partial charge on any atom is 0.410 e. The molecule has 0 N–H and O–H groups in total. The third-order valence-electron chi connectivity index (χ3n) is 3.89. The van der Waals surface area contributed by atoms with E-state index in [2.05, 4.69) is 11.1 Å². The van der Waals surface area contributed by atoms with Crippen molar-refractivity contribution < 1.29 is 14.3 Å². The number of pyridine rings is 1. The predicted molar refractivity (Wildman–Crippen MR) is 93.3 cm³/mol. The van der Waals surface area contributed by atoms with Gasteiger partial charge in [-0.1, -0.05) is 18.2 Å². The topological polar surface area (TPSA) is 75.4 Å². The van der Waals surface area contributed by atoms with Crippen LogP contribution in [-0.4, -0.2) is 40.8 Å². The molecule has 2 aromatic rings. The summed E-state index contributed by atoms with van der Waals surface area (Å²) in [4.78, 5) is 18.1. The molecule has 0 aliphatic carbocycles. The predicted octanol–water partition coefficient (Wildman–Crippen LogP) is 3.49. The molecule has 130 valence electrons. The van der Waals surface area contributed by atoms with Gasteiger partial charge in [-0.25, -0.2) is 9.78 Å². The zero-order chi connectivity index (χ0) is 18.0. The number of rotatable bonds is 2. The van der Waals surface area contributed by atoms with Crippen LogP contribution >= 0.6 is 0 Å². The summed E-state index contributed by atoms with van der Waals surface area (Å²) in [7, 11) is 0. The molecule has 1 aliphatic rings. The van der Waals surface area contributed by atoms with Crippen LogP contribution in [0.4, 0.5) is 4.79 Å². The Labute approximate surface area is 147 Å². The number of nitriles is 1. The van der Waals surface area contributed by atoms with E-state index in [1.165, 1.54) is 0 Å². The fourth-order valence-corrected chi connectivity index (χ4v) is 2.79. The van der Waals surface area contributed by atoms with Crippen molar-refractivity contribution in [3.63, 3.8) is 0 Å². The van der Waals surface area contributed by atoms with Crippen molar-refractivity contribution in [2.75, 3.05) is 13.1 Å². The van der Waals surface area contributed by atoms with Gasteiger partial charge in [0.25, 0.3) is 0 Å². The number of hydrogen-bond donors (Lipinski definition) is 0. The van der Waals surface area contributed by atoms with Gasteiger partial charge in [0.2, 0.25) is 5.88 Å². The van der Waals surface area contributed by atoms with Gasteiger partial charge < -0.3 is 14.4 Å². The van der Waals surface area contributed by atoms with Crippen LogP contribution in [-0.2, 0) is 4.74 Å². The average Bonchev–Trinajstić information content (AvgIpc) is 3.02. The number of ether oxygens (including phenoxy) is 2. The number of aromatic nitrogens is 1. The zero-order valence-corrected chi connectivity index (χ0v) is 14.7. The average molecular weight is 339 g/mol. The third-order valence-corrected chi connectivity index (χ3v) is 3.89. The van der Waals surface area contributed by atoms with Gasteiger partial charge in [0, 0.05) is 18.4 Å². The lowest BCUT2D eigenvalue weighted by Gasteiger charge is -2.24. The first-order chi connectivity index (χ1) is 11.9.